The third-order valence-corrected chi connectivity index (χ3v) is 4.89. The Morgan fingerprint density at radius 3 is 2.81 bits per heavy atom. The normalized spacial score (nSPS) is 16.9. The monoisotopic (exact) mass is 354 g/mol. The number of nitrogens with one attached hydrogen (secondary N) is 2. The molecule has 2 amide bonds. The number of amides is 2. The van der Waals surface area contributed by atoms with Crippen molar-refractivity contribution in [1.82, 2.24) is 20.4 Å². The van der Waals surface area contributed by atoms with Crippen LogP contribution in [-0.2, 0) is 11.2 Å². The lowest BCUT2D eigenvalue weighted by Crippen LogP contribution is -2.39. The van der Waals surface area contributed by atoms with Crippen LogP contribution in [0.4, 0.5) is 0 Å². The Kier molecular flexibility index (Phi) is 5.40. The van der Waals surface area contributed by atoms with Crippen LogP contribution in [0.1, 0.15) is 53.5 Å². The topological polar surface area (TPSA) is 78.1 Å². The molecule has 1 unspecified atom stereocenters. The van der Waals surface area contributed by atoms with E-state index in [0.717, 1.165) is 23.2 Å². The van der Waals surface area contributed by atoms with Crippen LogP contribution in [0.2, 0.25) is 0 Å². The molecule has 0 bridgehead atoms. The van der Waals surface area contributed by atoms with Gasteiger partial charge in [0, 0.05) is 24.8 Å². The predicted octanol–water partition coefficient (Wildman–Crippen LogP) is 2.41. The fourth-order valence-electron chi connectivity index (χ4n) is 3.23. The number of likely N-dealkylation sites (tertiary alicyclic amines) is 1. The number of H-pyrrole nitrogens is 1. The van der Waals surface area contributed by atoms with Crippen molar-refractivity contribution in [3.8, 4) is 0 Å². The molecule has 1 aliphatic heterocycles. The number of carbonyl (C=O) groups is 2. The van der Waals surface area contributed by atoms with E-state index < -0.39 is 0 Å². The highest BCUT2D eigenvalue weighted by Gasteiger charge is 2.29. The second-order valence-corrected chi connectivity index (χ2v) is 7.27. The Hall–Kier alpha value is -2.63. The van der Waals surface area contributed by atoms with Gasteiger partial charge in [0.15, 0.2) is 0 Å². The van der Waals surface area contributed by atoms with E-state index in [-0.39, 0.29) is 17.9 Å². The maximum Gasteiger partial charge on any atom is 0.274 e. The molecule has 0 spiro atoms. The van der Waals surface area contributed by atoms with Gasteiger partial charge in [-0.1, -0.05) is 38.1 Å². The summed E-state index contributed by atoms with van der Waals surface area (Å²) in [6.45, 7) is 7.28. The summed E-state index contributed by atoms with van der Waals surface area (Å²) < 4.78 is 0. The predicted molar refractivity (Wildman–Crippen MR) is 100 cm³/mol. The Balaban J connectivity index is 1.54. The van der Waals surface area contributed by atoms with E-state index >= 15 is 0 Å². The molecule has 1 fully saturated rings. The van der Waals surface area contributed by atoms with Gasteiger partial charge in [-0.3, -0.25) is 14.7 Å². The van der Waals surface area contributed by atoms with Gasteiger partial charge in [-0.2, -0.15) is 5.10 Å². The summed E-state index contributed by atoms with van der Waals surface area (Å²) in [5, 5.41) is 10.1. The minimum atomic E-state index is -0.0798. The Labute approximate surface area is 154 Å². The van der Waals surface area contributed by atoms with Crippen LogP contribution >= 0.6 is 0 Å². The Morgan fingerprint density at radius 2 is 2.12 bits per heavy atom. The zero-order chi connectivity index (χ0) is 18.7. The molecule has 1 aromatic carbocycles. The molecule has 138 valence electrons. The van der Waals surface area contributed by atoms with Crippen molar-refractivity contribution in [1.29, 1.82) is 0 Å². The van der Waals surface area contributed by atoms with E-state index in [1.54, 1.807) is 4.90 Å². The average molecular weight is 354 g/mol. The highest BCUT2D eigenvalue weighted by atomic mass is 16.2. The van der Waals surface area contributed by atoms with Gasteiger partial charge in [-0.25, -0.2) is 0 Å². The average Bonchev–Trinajstić information content (AvgIpc) is 3.26. The maximum atomic E-state index is 12.6. The van der Waals surface area contributed by atoms with Crippen LogP contribution in [0.15, 0.2) is 30.3 Å². The van der Waals surface area contributed by atoms with E-state index in [1.807, 2.05) is 37.3 Å². The summed E-state index contributed by atoms with van der Waals surface area (Å²) in [4.78, 5) is 26.7. The van der Waals surface area contributed by atoms with Crippen molar-refractivity contribution in [3.05, 3.63) is 52.8 Å². The summed E-state index contributed by atoms with van der Waals surface area (Å²) in [6.07, 6.45) is 1.14. The molecular weight excluding hydrogens is 328 g/mol. The van der Waals surface area contributed by atoms with E-state index in [1.165, 1.54) is 0 Å². The number of aromatic amines is 1. The molecule has 2 heterocycles. The van der Waals surface area contributed by atoms with Crippen LogP contribution in [0.3, 0.4) is 0 Å². The van der Waals surface area contributed by atoms with Crippen molar-refractivity contribution in [2.75, 3.05) is 13.1 Å². The summed E-state index contributed by atoms with van der Waals surface area (Å²) in [5.74, 6) is 0.223. The smallest absolute Gasteiger partial charge is 0.274 e. The van der Waals surface area contributed by atoms with Gasteiger partial charge < -0.3 is 10.2 Å². The second-order valence-electron chi connectivity index (χ2n) is 7.27. The molecule has 1 saturated heterocycles. The number of nitrogens with zero attached hydrogens (tertiary/aromatic N) is 2. The van der Waals surface area contributed by atoms with Gasteiger partial charge in [-0.05, 0) is 36.5 Å². The van der Waals surface area contributed by atoms with E-state index in [0.29, 0.717) is 31.1 Å². The van der Waals surface area contributed by atoms with E-state index in [9.17, 15) is 9.59 Å². The van der Waals surface area contributed by atoms with Crippen LogP contribution < -0.4 is 5.32 Å². The second kappa shape index (κ2) is 7.72. The highest BCUT2D eigenvalue weighted by molar-refractivity contribution is 5.92. The first-order valence-corrected chi connectivity index (χ1v) is 9.12. The summed E-state index contributed by atoms with van der Waals surface area (Å²) in [7, 11) is 0. The third-order valence-electron chi connectivity index (χ3n) is 4.89. The van der Waals surface area contributed by atoms with Crippen LogP contribution in [-0.4, -0.2) is 46.0 Å². The molecule has 1 atom stereocenters. The standard InChI is InChI=1S/C20H26N4O2/c1-13(2)17-11-18(23-22-17)20(26)24-9-8-16(12-24)21-19(25)10-15-7-5-4-6-14(15)3/h4-7,11,13,16H,8-10,12H2,1-3H3,(H,21,25)(H,22,23). The maximum absolute atomic E-state index is 12.6. The first-order valence-electron chi connectivity index (χ1n) is 9.12. The highest BCUT2D eigenvalue weighted by Crippen LogP contribution is 2.17. The number of aryl methyl sites for hydroxylation is 1. The minimum absolute atomic E-state index is 0.000428. The summed E-state index contributed by atoms with van der Waals surface area (Å²) in [5.41, 5.74) is 3.55. The lowest BCUT2D eigenvalue weighted by atomic mass is 10.1. The van der Waals surface area contributed by atoms with Crippen molar-refractivity contribution in [2.24, 2.45) is 0 Å². The SMILES string of the molecule is Cc1ccccc1CC(=O)NC1CCN(C(=O)c2cc(C(C)C)[nH]n2)C1. The van der Waals surface area contributed by atoms with Crippen molar-refractivity contribution >= 4 is 11.8 Å². The first-order chi connectivity index (χ1) is 12.4. The van der Waals surface area contributed by atoms with E-state index in [2.05, 4.69) is 29.4 Å². The van der Waals surface area contributed by atoms with Crippen LogP contribution in [0.5, 0.6) is 0 Å². The quantitative estimate of drug-likeness (QED) is 0.865. The zero-order valence-corrected chi connectivity index (χ0v) is 15.6. The van der Waals surface area contributed by atoms with Crippen molar-refractivity contribution in [3.63, 3.8) is 0 Å². The number of benzene rings is 1. The lowest BCUT2D eigenvalue weighted by Gasteiger charge is -2.16. The molecule has 1 aromatic heterocycles. The van der Waals surface area contributed by atoms with E-state index in [4.69, 9.17) is 0 Å². The van der Waals surface area contributed by atoms with Gasteiger partial charge in [0.2, 0.25) is 5.91 Å². The number of hydrogen-bond acceptors (Lipinski definition) is 3. The molecule has 6 heteroatoms. The number of carbonyl (C=O) groups excluding carboxylic acids is 2. The number of hydrogen-bond donors (Lipinski definition) is 2. The minimum Gasteiger partial charge on any atom is -0.351 e. The Bertz CT molecular complexity index is 797. The number of aromatic nitrogens is 2. The fraction of sp³-hybridized carbons (Fsp3) is 0.450. The summed E-state index contributed by atoms with van der Waals surface area (Å²) in [6, 6.07) is 9.71. The Morgan fingerprint density at radius 1 is 1.35 bits per heavy atom. The largest absolute Gasteiger partial charge is 0.351 e. The van der Waals surface area contributed by atoms with Gasteiger partial charge in [0.25, 0.3) is 5.91 Å². The molecule has 3 rings (SSSR count). The number of rotatable bonds is 5. The van der Waals surface area contributed by atoms with Gasteiger partial charge >= 0.3 is 0 Å². The molecule has 26 heavy (non-hydrogen) atoms. The zero-order valence-electron chi connectivity index (χ0n) is 15.6. The molecule has 2 aromatic rings. The van der Waals surface area contributed by atoms with Crippen LogP contribution in [0.25, 0.3) is 0 Å². The summed E-state index contributed by atoms with van der Waals surface area (Å²) >= 11 is 0. The fourth-order valence-corrected chi connectivity index (χ4v) is 3.23. The lowest BCUT2D eigenvalue weighted by molar-refractivity contribution is -0.121. The first kappa shape index (κ1) is 18.2. The van der Waals surface area contributed by atoms with Crippen molar-refractivity contribution in [2.45, 2.75) is 45.6 Å². The molecule has 2 N–H and O–H groups in total. The van der Waals surface area contributed by atoms with Crippen LogP contribution in [0, 0.1) is 6.92 Å². The molecule has 1 aliphatic rings. The molecule has 0 saturated carbocycles. The molecular formula is C20H26N4O2. The van der Waals surface area contributed by atoms with Gasteiger partial charge in [0.05, 0.1) is 6.42 Å². The van der Waals surface area contributed by atoms with Crippen molar-refractivity contribution < 1.29 is 9.59 Å². The molecule has 0 aliphatic carbocycles. The molecule has 6 nitrogen and oxygen atoms in total. The van der Waals surface area contributed by atoms with Gasteiger partial charge in [-0.15, -0.1) is 0 Å². The molecule has 0 radical (unpaired) electrons. The van der Waals surface area contributed by atoms with Gasteiger partial charge in [0.1, 0.15) is 5.69 Å². The third kappa shape index (κ3) is 4.12.